The van der Waals surface area contributed by atoms with Gasteiger partial charge in [0, 0.05) is 24.1 Å². The highest BCUT2D eigenvalue weighted by Gasteiger charge is 2.41. The van der Waals surface area contributed by atoms with E-state index < -0.39 is 0 Å². The molecule has 0 aliphatic heterocycles. The molecule has 1 aromatic carbocycles. The molecule has 1 aliphatic carbocycles. The van der Waals surface area contributed by atoms with Crippen LogP contribution in [0.2, 0.25) is 0 Å². The molecule has 0 heterocycles. The highest BCUT2D eigenvalue weighted by molar-refractivity contribution is 5.45. The molecule has 17 heavy (non-hydrogen) atoms. The van der Waals surface area contributed by atoms with Crippen LogP contribution in [0.3, 0.4) is 0 Å². The number of aryl methyl sites for hydroxylation is 1. The van der Waals surface area contributed by atoms with Crippen LogP contribution >= 0.6 is 0 Å². The maximum atomic E-state index is 8.76. The van der Waals surface area contributed by atoms with Crippen molar-refractivity contribution in [2.24, 2.45) is 5.41 Å². The van der Waals surface area contributed by atoms with Crippen molar-refractivity contribution in [1.82, 2.24) is 0 Å². The molecule has 0 bridgehead atoms. The molecule has 1 aromatic rings. The first kappa shape index (κ1) is 12.0. The van der Waals surface area contributed by atoms with Crippen molar-refractivity contribution in [2.75, 3.05) is 11.9 Å². The van der Waals surface area contributed by atoms with Gasteiger partial charge in [0.25, 0.3) is 0 Å². The fourth-order valence-corrected chi connectivity index (χ4v) is 2.13. The van der Waals surface area contributed by atoms with Crippen LogP contribution in [-0.2, 0) is 6.42 Å². The van der Waals surface area contributed by atoms with Crippen molar-refractivity contribution < 1.29 is 0 Å². The van der Waals surface area contributed by atoms with Gasteiger partial charge in [-0.15, -0.1) is 0 Å². The molecule has 0 unspecified atom stereocenters. The predicted molar refractivity (Wildman–Crippen MR) is 70.8 cm³/mol. The molecule has 90 valence electrons. The molecule has 0 aromatic heterocycles. The van der Waals surface area contributed by atoms with E-state index in [9.17, 15) is 0 Å². The summed E-state index contributed by atoms with van der Waals surface area (Å²) in [4.78, 5) is 0. The van der Waals surface area contributed by atoms with E-state index in [1.54, 1.807) is 0 Å². The minimum Gasteiger partial charge on any atom is -0.384 e. The Labute approximate surface area is 104 Å². The van der Waals surface area contributed by atoms with E-state index in [2.05, 4.69) is 42.6 Å². The third-order valence-corrected chi connectivity index (χ3v) is 3.57. The van der Waals surface area contributed by atoms with Gasteiger partial charge in [0.1, 0.15) is 0 Å². The average molecular weight is 228 g/mol. The number of anilines is 1. The molecular formula is C15H20N2. The molecule has 2 heteroatoms. The summed E-state index contributed by atoms with van der Waals surface area (Å²) in [7, 11) is 0. The van der Waals surface area contributed by atoms with Gasteiger partial charge in [-0.1, -0.05) is 25.5 Å². The van der Waals surface area contributed by atoms with Gasteiger partial charge in [0.05, 0.1) is 6.07 Å². The van der Waals surface area contributed by atoms with Crippen molar-refractivity contribution in [3.63, 3.8) is 0 Å². The van der Waals surface area contributed by atoms with Crippen molar-refractivity contribution in [2.45, 2.75) is 39.0 Å². The SMILES string of the molecule is CCCc1ccc(NCC2(CC#N)CC2)cc1. The lowest BCUT2D eigenvalue weighted by molar-refractivity contribution is 0.557. The van der Waals surface area contributed by atoms with Gasteiger partial charge in [-0.2, -0.15) is 5.26 Å². The van der Waals surface area contributed by atoms with Gasteiger partial charge in [-0.3, -0.25) is 0 Å². The lowest BCUT2D eigenvalue weighted by Gasteiger charge is -2.13. The second kappa shape index (κ2) is 5.23. The molecule has 0 saturated heterocycles. The van der Waals surface area contributed by atoms with E-state index in [0.717, 1.165) is 13.0 Å². The molecule has 0 spiro atoms. The van der Waals surface area contributed by atoms with Gasteiger partial charge in [-0.25, -0.2) is 0 Å². The molecule has 2 rings (SSSR count). The standard InChI is InChI=1S/C15H20N2/c1-2-3-13-4-6-14(7-5-13)17-12-15(8-9-15)10-11-16/h4-7,17H,2-3,8-10,12H2,1H3. The quantitative estimate of drug-likeness (QED) is 0.805. The zero-order valence-corrected chi connectivity index (χ0v) is 10.5. The molecule has 1 fully saturated rings. The maximum absolute atomic E-state index is 8.76. The first-order chi connectivity index (χ1) is 8.28. The van der Waals surface area contributed by atoms with Crippen LogP contribution in [0.15, 0.2) is 24.3 Å². The normalized spacial score (nSPS) is 16.2. The average Bonchev–Trinajstić information content (AvgIpc) is 3.10. The van der Waals surface area contributed by atoms with E-state index >= 15 is 0 Å². The van der Waals surface area contributed by atoms with Gasteiger partial charge in [-0.05, 0) is 37.0 Å². The second-order valence-electron chi connectivity index (χ2n) is 5.14. The van der Waals surface area contributed by atoms with Crippen molar-refractivity contribution in [3.05, 3.63) is 29.8 Å². The van der Waals surface area contributed by atoms with Gasteiger partial charge in [0.15, 0.2) is 0 Å². The van der Waals surface area contributed by atoms with Crippen LogP contribution in [0.25, 0.3) is 0 Å². The van der Waals surface area contributed by atoms with Crippen LogP contribution in [0, 0.1) is 16.7 Å². The number of hydrogen-bond acceptors (Lipinski definition) is 2. The Kier molecular flexibility index (Phi) is 3.68. The molecule has 0 radical (unpaired) electrons. The second-order valence-corrected chi connectivity index (χ2v) is 5.14. The number of nitrogens with one attached hydrogen (secondary N) is 1. The summed E-state index contributed by atoms with van der Waals surface area (Å²) >= 11 is 0. The van der Waals surface area contributed by atoms with Crippen LogP contribution in [-0.4, -0.2) is 6.54 Å². The van der Waals surface area contributed by atoms with Gasteiger partial charge >= 0.3 is 0 Å². The Morgan fingerprint density at radius 2 is 2.00 bits per heavy atom. The molecule has 0 amide bonds. The van der Waals surface area contributed by atoms with Crippen molar-refractivity contribution >= 4 is 5.69 Å². The Hall–Kier alpha value is -1.49. The lowest BCUT2D eigenvalue weighted by Crippen LogP contribution is -2.14. The van der Waals surface area contributed by atoms with Crippen LogP contribution in [0.5, 0.6) is 0 Å². The Morgan fingerprint density at radius 3 is 2.53 bits per heavy atom. The van der Waals surface area contributed by atoms with E-state index in [0.29, 0.717) is 6.42 Å². The molecule has 2 nitrogen and oxygen atoms in total. The zero-order valence-electron chi connectivity index (χ0n) is 10.5. The van der Waals surface area contributed by atoms with E-state index in [4.69, 9.17) is 5.26 Å². The number of hydrogen-bond donors (Lipinski definition) is 1. The summed E-state index contributed by atoms with van der Waals surface area (Å²) in [5, 5.41) is 12.2. The Bertz CT molecular complexity index is 396. The highest BCUT2D eigenvalue weighted by Crippen LogP contribution is 2.48. The van der Waals surface area contributed by atoms with Crippen LogP contribution in [0.1, 0.15) is 38.2 Å². The van der Waals surface area contributed by atoms with E-state index in [-0.39, 0.29) is 5.41 Å². The molecule has 1 N–H and O–H groups in total. The number of rotatable bonds is 6. The number of nitriles is 1. The monoisotopic (exact) mass is 228 g/mol. The Morgan fingerprint density at radius 1 is 1.29 bits per heavy atom. The molecule has 1 aliphatic rings. The van der Waals surface area contributed by atoms with Crippen LogP contribution in [0.4, 0.5) is 5.69 Å². The van der Waals surface area contributed by atoms with Crippen molar-refractivity contribution in [3.8, 4) is 6.07 Å². The summed E-state index contributed by atoms with van der Waals surface area (Å²) in [6, 6.07) is 11.0. The maximum Gasteiger partial charge on any atom is 0.0628 e. The topological polar surface area (TPSA) is 35.8 Å². The largest absolute Gasteiger partial charge is 0.384 e. The lowest BCUT2D eigenvalue weighted by atomic mass is 10.0. The first-order valence-corrected chi connectivity index (χ1v) is 6.48. The Balaban J connectivity index is 1.85. The minimum absolute atomic E-state index is 0.275. The summed E-state index contributed by atoms with van der Waals surface area (Å²) < 4.78 is 0. The zero-order chi connectivity index (χ0) is 12.1. The first-order valence-electron chi connectivity index (χ1n) is 6.48. The predicted octanol–water partition coefficient (Wildman–Crippen LogP) is 3.74. The summed E-state index contributed by atoms with van der Waals surface area (Å²) in [6.07, 6.45) is 5.42. The number of benzene rings is 1. The smallest absolute Gasteiger partial charge is 0.0628 e. The van der Waals surface area contributed by atoms with E-state index in [1.807, 2.05) is 0 Å². The fourth-order valence-electron chi connectivity index (χ4n) is 2.13. The summed E-state index contributed by atoms with van der Waals surface area (Å²) in [5.41, 5.74) is 2.85. The van der Waals surface area contributed by atoms with Gasteiger partial charge < -0.3 is 5.32 Å². The molecule has 0 atom stereocenters. The molecular weight excluding hydrogens is 208 g/mol. The summed E-state index contributed by atoms with van der Waals surface area (Å²) in [5.74, 6) is 0. The van der Waals surface area contributed by atoms with Crippen molar-refractivity contribution in [1.29, 1.82) is 5.26 Å². The minimum atomic E-state index is 0.275. The van der Waals surface area contributed by atoms with Crippen LogP contribution < -0.4 is 5.32 Å². The van der Waals surface area contributed by atoms with Gasteiger partial charge in [0.2, 0.25) is 0 Å². The molecule has 1 saturated carbocycles. The number of nitrogens with zero attached hydrogens (tertiary/aromatic N) is 1. The summed E-state index contributed by atoms with van der Waals surface area (Å²) in [6.45, 7) is 3.14. The third kappa shape index (κ3) is 3.23. The highest BCUT2D eigenvalue weighted by atomic mass is 14.9. The van der Waals surface area contributed by atoms with E-state index in [1.165, 1.54) is 30.5 Å². The third-order valence-electron chi connectivity index (χ3n) is 3.57. The fraction of sp³-hybridized carbons (Fsp3) is 0.533.